The fourth-order valence-electron chi connectivity index (χ4n) is 2.68. The molecule has 2 atom stereocenters. The summed E-state index contributed by atoms with van der Waals surface area (Å²) in [5.41, 5.74) is 1.16. The van der Waals surface area contributed by atoms with Gasteiger partial charge in [0.15, 0.2) is 0 Å². The van der Waals surface area contributed by atoms with E-state index in [2.05, 4.69) is 12.2 Å². The Bertz CT molecular complexity index is 445. The van der Waals surface area contributed by atoms with Gasteiger partial charge < -0.3 is 15.3 Å². The number of urea groups is 1. The summed E-state index contributed by atoms with van der Waals surface area (Å²) in [6.45, 7) is 2.80. The fourth-order valence-corrected chi connectivity index (χ4v) is 2.68. The van der Waals surface area contributed by atoms with Gasteiger partial charge in [-0.3, -0.25) is 0 Å². The number of aliphatic hydroxyl groups excluding tert-OH is 1. The van der Waals surface area contributed by atoms with Crippen LogP contribution in [0.4, 0.5) is 4.79 Å². The molecule has 116 valence electrons. The highest BCUT2D eigenvalue weighted by Gasteiger charge is 2.32. The quantitative estimate of drug-likeness (QED) is 0.811. The van der Waals surface area contributed by atoms with E-state index in [-0.39, 0.29) is 18.6 Å². The van der Waals surface area contributed by atoms with Crippen molar-refractivity contribution < 1.29 is 9.90 Å². The second-order valence-electron chi connectivity index (χ2n) is 5.99. The molecule has 1 aromatic carbocycles. The third kappa shape index (κ3) is 4.46. The van der Waals surface area contributed by atoms with E-state index >= 15 is 0 Å². The number of nitrogens with one attached hydrogen (secondary N) is 1. The molecule has 2 rings (SSSR count). The SMILES string of the molecule is CC(C1CC1)N(C)C(=O)NCC(CCO)c1ccccc1. The van der Waals surface area contributed by atoms with Gasteiger partial charge in [0.25, 0.3) is 0 Å². The molecule has 0 heterocycles. The number of rotatable bonds is 7. The summed E-state index contributed by atoms with van der Waals surface area (Å²) in [6.07, 6.45) is 3.12. The molecule has 1 aliphatic rings. The van der Waals surface area contributed by atoms with Gasteiger partial charge in [-0.25, -0.2) is 4.79 Å². The Morgan fingerprint density at radius 1 is 1.38 bits per heavy atom. The molecule has 0 aromatic heterocycles. The smallest absolute Gasteiger partial charge is 0.317 e. The van der Waals surface area contributed by atoms with E-state index in [1.54, 1.807) is 4.90 Å². The molecule has 0 bridgehead atoms. The lowest BCUT2D eigenvalue weighted by Gasteiger charge is -2.26. The maximum absolute atomic E-state index is 12.2. The Balaban J connectivity index is 1.87. The van der Waals surface area contributed by atoms with Crippen LogP contribution in [-0.4, -0.2) is 42.3 Å². The highest BCUT2D eigenvalue weighted by atomic mass is 16.3. The Kier molecular flexibility index (Phi) is 5.62. The summed E-state index contributed by atoms with van der Waals surface area (Å²) in [5.74, 6) is 0.827. The predicted molar refractivity (Wildman–Crippen MR) is 84.2 cm³/mol. The van der Waals surface area contributed by atoms with E-state index in [4.69, 9.17) is 0 Å². The van der Waals surface area contributed by atoms with Crippen LogP contribution in [0.2, 0.25) is 0 Å². The number of nitrogens with zero attached hydrogens (tertiary/aromatic N) is 1. The van der Waals surface area contributed by atoms with Crippen molar-refractivity contribution in [3.05, 3.63) is 35.9 Å². The first-order chi connectivity index (χ1) is 10.1. The number of hydrogen-bond donors (Lipinski definition) is 2. The van der Waals surface area contributed by atoms with Crippen molar-refractivity contribution in [2.45, 2.75) is 38.1 Å². The summed E-state index contributed by atoms with van der Waals surface area (Å²) in [6, 6.07) is 10.3. The molecule has 0 saturated heterocycles. The minimum absolute atomic E-state index is 0.0201. The fraction of sp³-hybridized carbons (Fsp3) is 0.588. The molecule has 1 aromatic rings. The third-order valence-corrected chi connectivity index (χ3v) is 4.48. The first kappa shape index (κ1) is 15.8. The zero-order valence-electron chi connectivity index (χ0n) is 13.0. The topological polar surface area (TPSA) is 52.6 Å². The van der Waals surface area contributed by atoms with Gasteiger partial charge in [-0.05, 0) is 37.7 Å². The molecule has 0 radical (unpaired) electrons. The second-order valence-corrected chi connectivity index (χ2v) is 5.99. The van der Waals surface area contributed by atoms with E-state index in [1.165, 1.54) is 12.8 Å². The van der Waals surface area contributed by atoms with Crippen LogP contribution in [0.1, 0.15) is 37.7 Å². The van der Waals surface area contributed by atoms with Gasteiger partial charge in [0, 0.05) is 32.2 Å². The molecule has 2 amide bonds. The summed E-state index contributed by atoms with van der Waals surface area (Å²) in [5, 5.41) is 12.2. The van der Waals surface area contributed by atoms with Crippen molar-refractivity contribution in [3.8, 4) is 0 Å². The molecule has 21 heavy (non-hydrogen) atoms. The first-order valence-electron chi connectivity index (χ1n) is 7.80. The first-order valence-corrected chi connectivity index (χ1v) is 7.80. The molecule has 1 saturated carbocycles. The van der Waals surface area contributed by atoms with Crippen LogP contribution in [0.5, 0.6) is 0 Å². The Morgan fingerprint density at radius 2 is 2.05 bits per heavy atom. The number of aliphatic hydroxyl groups is 1. The van der Waals surface area contributed by atoms with Crippen LogP contribution in [-0.2, 0) is 0 Å². The van der Waals surface area contributed by atoms with Gasteiger partial charge in [-0.2, -0.15) is 0 Å². The lowest BCUT2D eigenvalue weighted by Crippen LogP contribution is -2.44. The zero-order chi connectivity index (χ0) is 15.2. The maximum Gasteiger partial charge on any atom is 0.317 e. The molecule has 2 unspecified atom stereocenters. The highest BCUT2D eigenvalue weighted by molar-refractivity contribution is 5.74. The van der Waals surface area contributed by atoms with Gasteiger partial charge >= 0.3 is 6.03 Å². The van der Waals surface area contributed by atoms with Crippen molar-refractivity contribution in [3.63, 3.8) is 0 Å². The largest absolute Gasteiger partial charge is 0.396 e. The van der Waals surface area contributed by atoms with Crippen LogP contribution < -0.4 is 5.32 Å². The van der Waals surface area contributed by atoms with E-state index in [0.717, 1.165) is 5.56 Å². The summed E-state index contributed by atoms with van der Waals surface area (Å²) >= 11 is 0. The maximum atomic E-state index is 12.2. The Hall–Kier alpha value is -1.55. The van der Waals surface area contributed by atoms with Gasteiger partial charge in [-0.1, -0.05) is 30.3 Å². The standard InChI is InChI=1S/C17H26N2O2/c1-13(14-8-9-14)19(2)17(21)18-12-16(10-11-20)15-6-4-3-5-7-15/h3-7,13-14,16,20H,8-12H2,1-2H3,(H,18,21). The lowest BCUT2D eigenvalue weighted by atomic mass is 9.96. The number of hydrogen-bond acceptors (Lipinski definition) is 2. The minimum Gasteiger partial charge on any atom is -0.396 e. The van der Waals surface area contributed by atoms with Crippen LogP contribution in [0, 0.1) is 5.92 Å². The molecular formula is C17H26N2O2. The molecule has 1 fully saturated rings. The van der Waals surface area contributed by atoms with Crippen molar-refractivity contribution in [2.75, 3.05) is 20.2 Å². The number of amides is 2. The lowest BCUT2D eigenvalue weighted by molar-refractivity contribution is 0.186. The van der Waals surface area contributed by atoms with E-state index < -0.39 is 0 Å². The normalized spacial score (nSPS) is 17.1. The van der Waals surface area contributed by atoms with Gasteiger partial charge in [0.05, 0.1) is 0 Å². The van der Waals surface area contributed by atoms with Crippen molar-refractivity contribution >= 4 is 6.03 Å². The predicted octanol–water partition coefficient (Wildman–Crippen LogP) is 2.59. The van der Waals surface area contributed by atoms with Crippen LogP contribution >= 0.6 is 0 Å². The average molecular weight is 290 g/mol. The van der Waals surface area contributed by atoms with Gasteiger partial charge in [-0.15, -0.1) is 0 Å². The molecule has 4 nitrogen and oxygen atoms in total. The number of carbonyl (C=O) groups excluding carboxylic acids is 1. The summed E-state index contributed by atoms with van der Waals surface area (Å²) < 4.78 is 0. The Morgan fingerprint density at radius 3 is 2.62 bits per heavy atom. The van der Waals surface area contributed by atoms with Crippen LogP contribution in [0.25, 0.3) is 0 Å². The molecule has 1 aliphatic carbocycles. The molecule has 0 spiro atoms. The molecule has 0 aliphatic heterocycles. The van der Waals surface area contributed by atoms with Crippen molar-refractivity contribution in [2.24, 2.45) is 5.92 Å². The summed E-state index contributed by atoms with van der Waals surface area (Å²) in [4.78, 5) is 14.0. The highest BCUT2D eigenvalue weighted by Crippen LogP contribution is 2.34. The molecule has 4 heteroatoms. The molecule has 2 N–H and O–H groups in total. The van der Waals surface area contributed by atoms with E-state index in [0.29, 0.717) is 24.9 Å². The summed E-state index contributed by atoms with van der Waals surface area (Å²) in [7, 11) is 1.86. The zero-order valence-corrected chi connectivity index (χ0v) is 13.0. The van der Waals surface area contributed by atoms with Crippen LogP contribution in [0.15, 0.2) is 30.3 Å². The minimum atomic E-state index is -0.0201. The van der Waals surface area contributed by atoms with Gasteiger partial charge in [0.1, 0.15) is 0 Å². The van der Waals surface area contributed by atoms with Crippen LogP contribution in [0.3, 0.4) is 0 Å². The monoisotopic (exact) mass is 290 g/mol. The van der Waals surface area contributed by atoms with E-state index in [9.17, 15) is 9.90 Å². The second kappa shape index (κ2) is 7.46. The molecular weight excluding hydrogens is 264 g/mol. The Labute approximate surface area is 127 Å². The third-order valence-electron chi connectivity index (χ3n) is 4.48. The van der Waals surface area contributed by atoms with Crippen molar-refractivity contribution in [1.82, 2.24) is 10.2 Å². The number of benzene rings is 1. The van der Waals surface area contributed by atoms with E-state index in [1.807, 2.05) is 37.4 Å². The van der Waals surface area contributed by atoms with Gasteiger partial charge in [0.2, 0.25) is 0 Å². The van der Waals surface area contributed by atoms with Crippen molar-refractivity contribution in [1.29, 1.82) is 0 Å². The average Bonchev–Trinajstić information content (AvgIpc) is 3.35. The number of carbonyl (C=O) groups is 1.